The van der Waals surface area contributed by atoms with Crippen molar-refractivity contribution in [2.75, 3.05) is 16.8 Å². The second-order valence-corrected chi connectivity index (χ2v) is 5.78. The predicted octanol–water partition coefficient (Wildman–Crippen LogP) is 3.84. The summed E-state index contributed by atoms with van der Waals surface area (Å²) in [4.78, 5) is 12.8. The van der Waals surface area contributed by atoms with Gasteiger partial charge >= 0.3 is 0 Å². The molecule has 1 amide bonds. The van der Waals surface area contributed by atoms with Crippen LogP contribution in [0.4, 0.5) is 15.8 Å². The molecule has 0 heterocycles. The summed E-state index contributed by atoms with van der Waals surface area (Å²) in [6.45, 7) is 1.95. The van der Waals surface area contributed by atoms with Crippen LogP contribution in [0.2, 0.25) is 0 Å². The van der Waals surface area contributed by atoms with Crippen LogP contribution in [-0.2, 0) is 4.79 Å². The Morgan fingerprint density at radius 1 is 1.29 bits per heavy atom. The SMILES string of the molecule is Cc1cccc(SCCC(=O)Nc2cccc(F)c2)c1N. The lowest BCUT2D eigenvalue weighted by Crippen LogP contribution is -2.12. The third-order valence-corrected chi connectivity index (χ3v) is 4.05. The number of nitrogens with one attached hydrogen (secondary N) is 1. The number of rotatable bonds is 5. The molecule has 0 saturated heterocycles. The topological polar surface area (TPSA) is 55.1 Å². The number of halogens is 1. The quantitative estimate of drug-likeness (QED) is 0.652. The van der Waals surface area contributed by atoms with Gasteiger partial charge in [-0.2, -0.15) is 0 Å². The first kappa shape index (κ1) is 15.4. The fourth-order valence-corrected chi connectivity index (χ4v) is 2.82. The maximum Gasteiger partial charge on any atom is 0.225 e. The van der Waals surface area contributed by atoms with Crippen LogP contribution in [0.5, 0.6) is 0 Å². The second kappa shape index (κ2) is 7.13. The Morgan fingerprint density at radius 3 is 2.81 bits per heavy atom. The molecule has 0 aromatic heterocycles. The van der Waals surface area contributed by atoms with E-state index in [0.717, 1.165) is 16.1 Å². The Hall–Kier alpha value is -2.01. The molecule has 0 bridgehead atoms. The smallest absolute Gasteiger partial charge is 0.225 e. The monoisotopic (exact) mass is 304 g/mol. The van der Waals surface area contributed by atoms with E-state index in [-0.39, 0.29) is 11.7 Å². The minimum Gasteiger partial charge on any atom is -0.398 e. The molecule has 5 heteroatoms. The Kier molecular flexibility index (Phi) is 5.22. The van der Waals surface area contributed by atoms with Gasteiger partial charge in [-0.05, 0) is 36.8 Å². The number of amides is 1. The summed E-state index contributed by atoms with van der Waals surface area (Å²) in [5.74, 6) is 0.114. The van der Waals surface area contributed by atoms with Crippen LogP contribution in [-0.4, -0.2) is 11.7 Å². The van der Waals surface area contributed by atoms with Crippen molar-refractivity contribution in [1.82, 2.24) is 0 Å². The van der Waals surface area contributed by atoms with Crippen molar-refractivity contribution in [1.29, 1.82) is 0 Å². The number of benzene rings is 2. The lowest BCUT2D eigenvalue weighted by molar-refractivity contribution is -0.115. The molecule has 3 nitrogen and oxygen atoms in total. The van der Waals surface area contributed by atoms with Crippen molar-refractivity contribution < 1.29 is 9.18 Å². The molecule has 0 aliphatic heterocycles. The van der Waals surface area contributed by atoms with Crippen LogP contribution in [0, 0.1) is 12.7 Å². The maximum absolute atomic E-state index is 13.0. The first-order chi connectivity index (χ1) is 10.1. The van der Waals surface area contributed by atoms with Gasteiger partial charge in [-0.3, -0.25) is 4.79 Å². The third kappa shape index (κ3) is 4.49. The van der Waals surface area contributed by atoms with E-state index in [1.807, 2.05) is 25.1 Å². The number of anilines is 2. The highest BCUT2D eigenvalue weighted by molar-refractivity contribution is 7.99. The summed E-state index contributed by atoms with van der Waals surface area (Å²) >= 11 is 1.54. The Morgan fingerprint density at radius 2 is 2.05 bits per heavy atom. The summed E-state index contributed by atoms with van der Waals surface area (Å²) in [5.41, 5.74) is 8.24. The number of carbonyl (C=O) groups excluding carboxylic acids is 1. The standard InChI is InChI=1S/C16H17FN2OS/c1-11-4-2-7-14(16(11)18)21-9-8-15(20)19-13-6-3-5-12(17)10-13/h2-7,10H,8-9,18H2,1H3,(H,19,20). The number of hydrogen-bond acceptors (Lipinski definition) is 3. The van der Waals surface area contributed by atoms with Gasteiger partial charge in [-0.25, -0.2) is 4.39 Å². The van der Waals surface area contributed by atoms with Crippen LogP contribution in [0.3, 0.4) is 0 Å². The fourth-order valence-electron chi connectivity index (χ4n) is 1.82. The highest BCUT2D eigenvalue weighted by Crippen LogP contribution is 2.27. The highest BCUT2D eigenvalue weighted by Gasteiger charge is 2.06. The summed E-state index contributed by atoms with van der Waals surface area (Å²) < 4.78 is 13.0. The lowest BCUT2D eigenvalue weighted by atomic mass is 10.2. The van der Waals surface area contributed by atoms with E-state index in [9.17, 15) is 9.18 Å². The third-order valence-electron chi connectivity index (χ3n) is 2.98. The average Bonchev–Trinajstić information content (AvgIpc) is 2.43. The van der Waals surface area contributed by atoms with Crippen molar-refractivity contribution in [2.45, 2.75) is 18.2 Å². The van der Waals surface area contributed by atoms with Crippen molar-refractivity contribution in [3.63, 3.8) is 0 Å². The highest BCUT2D eigenvalue weighted by atomic mass is 32.2. The van der Waals surface area contributed by atoms with E-state index in [2.05, 4.69) is 5.32 Å². The molecule has 3 N–H and O–H groups in total. The molecule has 0 saturated carbocycles. The molecule has 0 fully saturated rings. The molecule has 0 unspecified atom stereocenters. The summed E-state index contributed by atoms with van der Waals surface area (Å²) in [5, 5.41) is 2.67. The van der Waals surface area contributed by atoms with Crippen molar-refractivity contribution in [3.8, 4) is 0 Å². The summed E-state index contributed by atoms with van der Waals surface area (Å²) in [7, 11) is 0. The van der Waals surface area contributed by atoms with E-state index < -0.39 is 0 Å². The predicted molar refractivity (Wildman–Crippen MR) is 86.0 cm³/mol. The van der Waals surface area contributed by atoms with Gasteiger partial charge in [0.1, 0.15) is 5.82 Å². The number of hydrogen-bond donors (Lipinski definition) is 2. The minimum absolute atomic E-state index is 0.140. The molecule has 0 aliphatic carbocycles. The van der Waals surface area contributed by atoms with Crippen molar-refractivity contribution in [3.05, 3.63) is 53.8 Å². The number of aryl methyl sites for hydroxylation is 1. The molecule has 2 aromatic rings. The molecule has 0 radical (unpaired) electrons. The van der Waals surface area contributed by atoms with Crippen molar-refractivity contribution in [2.24, 2.45) is 0 Å². The fraction of sp³-hybridized carbons (Fsp3) is 0.188. The van der Waals surface area contributed by atoms with Crippen LogP contribution in [0.1, 0.15) is 12.0 Å². The van der Waals surface area contributed by atoms with E-state index in [1.54, 1.807) is 23.9 Å². The molecule has 110 valence electrons. The number of thioether (sulfide) groups is 1. The van der Waals surface area contributed by atoms with Crippen LogP contribution < -0.4 is 11.1 Å². The van der Waals surface area contributed by atoms with E-state index in [0.29, 0.717) is 17.9 Å². The van der Waals surface area contributed by atoms with Crippen LogP contribution in [0.25, 0.3) is 0 Å². The largest absolute Gasteiger partial charge is 0.398 e. The number of carbonyl (C=O) groups is 1. The molecule has 21 heavy (non-hydrogen) atoms. The zero-order valence-corrected chi connectivity index (χ0v) is 12.5. The van der Waals surface area contributed by atoms with Gasteiger partial charge in [-0.1, -0.05) is 18.2 Å². The van der Waals surface area contributed by atoms with Gasteiger partial charge in [0.25, 0.3) is 0 Å². The molecule has 0 atom stereocenters. The molecule has 2 rings (SSSR count). The van der Waals surface area contributed by atoms with E-state index in [1.165, 1.54) is 12.1 Å². The van der Waals surface area contributed by atoms with Gasteiger partial charge in [-0.15, -0.1) is 11.8 Å². The Labute approximate surface area is 127 Å². The van der Waals surface area contributed by atoms with Crippen molar-refractivity contribution >= 4 is 29.0 Å². The number of nitrogens with two attached hydrogens (primary N) is 1. The van der Waals surface area contributed by atoms with Gasteiger partial charge < -0.3 is 11.1 Å². The molecule has 0 aliphatic rings. The van der Waals surface area contributed by atoms with Crippen LogP contribution in [0.15, 0.2) is 47.4 Å². The summed E-state index contributed by atoms with van der Waals surface area (Å²) in [6, 6.07) is 11.7. The molecule has 2 aromatic carbocycles. The molecular weight excluding hydrogens is 287 g/mol. The van der Waals surface area contributed by atoms with Crippen LogP contribution >= 0.6 is 11.8 Å². The second-order valence-electron chi connectivity index (χ2n) is 4.64. The molecule has 0 spiro atoms. The van der Waals surface area contributed by atoms with Gasteiger partial charge in [0.05, 0.1) is 0 Å². The lowest BCUT2D eigenvalue weighted by Gasteiger charge is -2.08. The van der Waals surface area contributed by atoms with Gasteiger partial charge in [0.2, 0.25) is 5.91 Å². The van der Waals surface area contributed by atoms with Gasteiger partial charge in [0, 0.05) is 28.4 Å². The number of nitrogen functional groups attached to an aromatic ring is 1. The summed E-state index contributed by atoms with van der Waals surface area (Å²) in [6.07, 6.45) is 0.342. The zero-order chi connectivity index (χ0) is 15.2. The van der Waals surface area contributed by atoms with E-state index >= 15 is 0 Å². The Balaban J connectivity index is 1.83. The number of para-hydroxylation sites is 1. The Bertz CT molecular complexity index is 646. The first-order valence-corrected chi connectivity index (χ1v) is 7.58. The van der Waals surface area contributed by atoms with Gasteiger partial charge in [0.15, 0.2) is 0 Å². The normalized spacial score (nSPS) is 10.4. The minimum atomic E-state index is -0.366. The maximum atomic E-state index is 13.0. The first-order valence-electron chi connectivity index (χ1n) is 6.59. The molecular formula is C16H17FN2OS. The average molecular weight is 304 g/mol. The van der Waals surface area contributed by atoms with E-state index in [4.69, 9.17) is 5.73 Å². The zero-order valence-electron chi connectivity index (χ0n) is 11.7.